The molecule has 1 N–H and O–H groups in total. The lowest BCUT2D eigenvalue weighted by Gasteiger charge is -2.15. The Labute approximate surface area is 121 Å². The van der Waals surface area contributed by atoms with E-state index in [0.717, 1.165) is 22.9 Å². The Morgan fingerprint density at radius 3 is 3.00 bits per heavy atom. The van der Waals surface area contributed by atoms with Gasteiger partial charge >= 0.3 is 0 Å². The zero-order chi connectivity index (χ0) is 13.7. The van der Waals surface area contributed by atoms with E-state index in [0.29, 0.717) is 5.75 Å². The zero-order valence-corrected chi connectivity index (χ0v) is 12.7. The van der Waals surface area contributed by atoms with E-state index in [2.05, 4.69) is 16.4 Å². The third-order valence-electron chi connectivity index (χ3n) is 2.72. The van der Waals surface area contributed by atoms with Crippen LogP contribution in [0.4, 0.5) is 0 Å². The van der Waals surface area contributed by atoms with E-state index >= 15 is 0 Å². The Hall–Kier alpha value is -1.11. The molecular formula is C13H17N3OS2. The van der Waals surface area contributed by atoms with Crippen LogP contribution in [0.5, 0.6) is 0 Å². The molecule has 1 heterocycles. The van der Waals surface area contributed by atoms with E-state index in [4.69, 9.17) is 0 Å². The summed E-state index contributed by atoms with van der Waals surface area (Å²) in [5.41, 5.74) is 1.01. The second-order valence-electron chi connectivity index (χ2n) is 4.16. The molecule has 2 rings (SSSR count). The number of para-hydroxylation sites is 1. The van der Waals surface area contributed by atoms with E-state index in [1.165, 1.54) is 16.5 Å². The molecule has 102 valence electrons. The highest BCUT2D eigenvalue weighted by Gasteiger charge is 2.10. The molecule has 2 aromatic rings. The van der Waals surface area contributed by atoms with Crippen LogP contribution in [0.2, 0.25) is 0 Å². The summed E-state index contributed by atoms with van der Waals surface area (Å²) in [5, 5.41) is 3.03. The lowest BCUT2D eigenvalue weighted by Crippen LogP contribution is -2.33. The minimum absolute atomic E-state index is 0.138. The number of rotatable bonds is 6. The topological polar surface area (TPSA) is 45.2 Å². The van der Waals surface area contributed by atoms with E-state index in [-0.39, 0.29) is 5.91 Å². The summed E-state index contributed by atoms with van der Waals surface area (Å²) in [6.45, 7) is 1.55. The van der Waals surface area contributed by atoms with Crippen molar-refractivity contribution in [3.8, 4) is 0 Å². The van der Waals surface area contributed by atoms with Crippen molar-refractivity contribution in [3.05, 3.63) is 24.3 Å². The fraction of sp³-hybridized carbons (Fsp3) is 0.385. The van der Waals surface area contributed by atoms with Gasteiger partial charge in [0.15, 0.2) is 4.34 Å². The molecule has 0 saturated heterocycles. The van der Waals surface area contributed by atoms with E-state index in [9.17, 15) is 4.79 Å². The molecule has 0 atom stereocenters. The van der Waals surface area contributed by atoms with Gasteiger partial charge in [-0.05, 0) is 19.2 Å². The molecular weight excluding hydrogens is 278 g/mol. The van der Waals surface area contributed by atoms with Crippen LogP contribution < -0.4 is 5.32 Å². The van der Waals surface area contributed by atoms with Crippen molar-refractivity contribution in [1.82, 2.24) is 15.2 Å². The van der Waals surface area contributed by atoms with Gasteiger partial charge in [0.05, 0.1) is 16.0 Å². The second kappa shape index (κ2) is 6.88. The van der Waals surface area contributed by atoms with Gasteiger partial charge in [-0.25, -0.2) is 4.98 Å². The van der Waals surface area contributed by atoms with Crippen molar-refractivity contribution in [1.29, 1.82) is 0 Å². The minimum Gasteiger partial charge on any atom is -0.344 e. The number of fused-ring (bicyclic) bond motifs is 1. The van der Waals surface area contributed by atoms with E-state index in [1.807, 2.05) is 32.3 Å². The zero-order valence-electron chi connectivity index (χ0n) is 11.0. The smallest absolute Gasteiger partial charge is 0.232 e. The van der Waals surface area contributed by atoms with Crippen LogP contribution in [0.25, 0.3) is 10.2 Å². The predicted octanol–water partition coefficient (Wildman–Crippen LogP) is 2.07. The van der Waals surface area contributed by atoms with Crippen LogP contribution in [-0.2, 0) is 4.79 Å². The number of hydrogen-bond acceptors (Lipinski definition) is 5. The second-order valence-corrected chi connectivity index (χ2v) is 6.41. The molecule has 1 aromatic heterocycles. The van der Waals surface area contributed by atoms with Crippen LogP contribution in [0.3, 0.4) is 0 Å². The summed E-state index contributed by atoms with van der Waals surface area (Å²) in [6, 6.07) is 8.04. The maximum absolute atomic E-state index is 11.9. The van der Waals surface area contributed by atoms with Gasteiger partial charge in [0.25, 0.3) is 0 Å². The molecule has 6 heteroatoms. The lowest BCUT2D eigenvalue weighted by atomic mass is 10.3. The van der Waals surface area contributed by atoms with Crippen molar-refractivity contribution in [3.63, 3.8) is 0 Å². The Bertz CT molecular complexity index is 523. The van der Waals surface area contributed by atoms with Crippen molar-refractivity contribution < 1.29 is 4.79 Å². The first-order valence-electron chi connectivity index (χ1n) is 6.07. The number of carbonyl (C=O) groups is 1. The number of nitrogens with zero attached hydrogens (tertiary/aromatic N) is 2. The highest BCUT2D eigenvalue weighted by atomic mass is 32.2. The summed E-state index contributed by atoms with van der Waals surface area (Å²) in [7, 11) is 3.72. The number of aromatic nitrogens is 1. The molecule has 0 saturated carbocycles. The van der Waals surface area contributed by atoms with Crippen LogP contribution >= 0.6 is 23.1 Å². The van der Waals surface area contributed by atoms with Crippen LogP contribution in [-0.4, -0.2) is 48.7 Å². The van der Waals surface area contributed by atoms with Crippen molar-refractivity contribution in [2.24, 2.45) is 0 Å². The van der Waals surface area contributed by atoms with Crippen LogP contribution in [0.1, 0.15) is 0 Å². The van der Waals surface area contributed by atoms with E-state index in [1.54, 1.807) is 16.2 Å². The highest BCUT2D eigenvalue weighted by Crippen LogP contribution is 2.29. The molecule has 0 unspecified atom stereocenters. The number of benzene rings is 1. The average Bonchev–Trinajstić information content (AvgIpc) is 2.84. The average molecular weight is 295 g/mol. The molecule has 0 aliphatic rings. The van der Waals surface area contributed by atoms with Crippen LogP contribution in [0.15, 0.2) is 28.6 Å². The summed E-state index contributed by atoms with van der Waals surface area (Å²) in [5.74, 6) is 0.583. The van der Waals surface area contributed by atoms with E-state index < -0.39 is 0 Å². The molecule has 0 fully saturated rings. The molecule has 0 aliphatic heterocycles. The van der Waals surface area contributed by atoms with Crippen molar-refractivity contribution >= 4 is 39.2 Å². The van der Waals surface area contributed by atoms with Gasteiger partial charge in [-0.2, -0.15) is 0 Å². The Balaban J connectivity index is 1.89. The largest absolute Gasteiger partial charge is 0.344 e. The fourth-order valence-electron chi connectivity index (χ4n) is 1.55. The summed E-state index contributed by atoms with van der Waals surface area (Å²) in [4.78, 5) is 18.1. The number of likely N-dealkylation sites (N-methyl/N-ethyl adjacent to an activating group) is 2. The normalized spacial score (nSPS) is 10.8. The van der Waals surface area contributed by atoms with Gasteiger partial charge in [0, 0.05) is 20.1 Å². The molecule has 0 bridgehead atoms. The van der Waals surface area contributed by atoms with Gasteiger partial charge in [0.1, 0.15) is 0 Å². The number of amides is 1. The van der Waals surface area contributed by atoms with Gasteiger partial charge in [-0.15, -0.1) is 11.3 Å². The SMILES string of the molecule is CNCCN(C)C(=O)CSc1nc2ccccc2s1. The van der Waals surface area contributed by atoms with Crippen molar-refractivity contribution in [2.75, 3.05) is 32.9 Å². The predicted molar refractivity (Wildman–Crippen MR) is 81.9 cm³/mol. The van der Waals surface area contributed by atoms with Gasteiger partial charge in [0.2, 0.25) is 5.91 Å². The monoisotopic (exact) mass is 295 g/mol. The third kappa shape index (κ3) is 3.92. The summed E-state index contributed by atoms with van der Waals surface area (Å²) in [6.07, 6.45) is 0. The third-order valence-corrected chi connectivity index (χ3v) is 4.88. The highest BCUT2D eigenvalue weighted by molar-refractivity contribution is 8.01. The quantitative estimate of drug-likeness (QED) is 0.829. The van der Waals surface area contributed by atoms with Crippen molar-refractivity contribution in [2.45, 2.75) is 4.34 Å². The standard InChI is InChI=1S/C13H17N3OS2/c1-14-7-8-16(2)12(17)9-18-13-15-10-5-3-4-6-11(10)19-13/h3-6,14H,7-9H2,1-2H3. The number of nitrogens with one attached hydrogen (secondary N) is 1. The maximum atomic E-state index is 11.9. The lowest BCUT2D eigenvalue weighted by molar-refractivity contribution is -0.127. The molecule has 0 aliphatic carbocycles. The Kier molecular flexibility index (Phi) is 5.18. The molecule has 1 aromatic carbocycles. The first kappa shape index (κ1) is 14.3. The number of thioether (sulfide) groups is 1. The first-order chi connectivity index (χ1) is 9.20. The molecule has 0 spiro atoms. The molecule has 4 nitrogen and oxygen atoms in total. The van der Waals surface area contributed by atoms with Gasteiger partial charge in [-0.3, -0.25) is 4.79 Å². The molecule has 19 heavy (non-hydrogen) atoms. The molecule has 1 amide bonds. The fourth-order valence-corrected chi connectivity index (χ4v) is 3.56. The van der Waals surface area contributed by atoms with Gasteiger partial charge in [-0.1, -0.05) is 23.9 Å². The first-order valence-corrected chi connectivity index (χ1v) is 7.88. The molecule has 0 radical (unpaired) electrons. The minimum atomic E-state index is 0.138. The Morgan fingerprint density at radius 2 is 2.26 bits per heavy atom. The van der Waals surface area contributed by atoms with Gasteiger partial charge < -0.3 is 10.2 Å². The summed E-state index contributed by atoms with van der Waals surface area (Å²) < 4.78 is 2.12. The maximum Gasteiger partial charge on any atom is 0.232 e. The number of carbonyl (C=O) groups excluding carboxylic acids is 1. The number of thiazole rings is 1. The van der Waals surface area contributed by atoms with Crippen LogP contribution in [0, 0.1) is 0 Å². The number of hydrogen-bond donors (Lipinski definition) is 1. The Morgan fingerprint density at radius 1 is 1.47 bits per heavy atom. The summed E-state index contributed by atoms with van der Waals surface area (Å²) >= 11 is 3.15.